The van der Waals surface area contributed by atoms with Crippen LogP contribution in [0.5, 0.6) is 0 Å². The predicted molar refractivity (Wildman–Crippen MR) is 249 cm³/mol. The summed E-state index contributed by atoms with van der Waals surface area (Å²) in [4.78, 5) is 37.6. The molecule has 0 N–H and O–H groups in total. The van der Waals surface area contributed by atoms with E-state index in [9.17, 15) is 19.0 Å². The van der Waals surface area contributed by atoms with Gasteiger partial charge < -0.3 is 27.9 Å². The Bertz CT molecular complexity index is 1340. The predicted octanol–water partition coefficient (Wildman–Crippen LogP) is 12.7. The third-order valence-corrected chi connectivity index (χ3v) is 10.1. The summed E-state index contributed by atoms with van der Waals surface area (Å²) in [6, 6.07) is 0. The molecule has 0 saturated heterocycles. The lowest BCUT2D eigenvalue weighted by Gasteiger charge is -2.28. The van der Waals surface area contributed by atoms with Crippen LogP contribution in [0.1, 0.15) is 155 Å². The summed E-state index contributed by atoms with van der Waals surface area (Å²) in [7, 11) is 1.12. The number of hydrogen-bond donors (Lipinski definition) is 0. The number of hydrogen-bond acceptors (Lipinski definition) is 8. The van der Waals surface area contributed by atoms with Crippen molar-refractivity contribution in [3.05, 3.63) is 97.2 Å². The molecular formula is C50H84NO8P. The van der Waals surface area contributed by atoms with Crippen LogP contribution < -0.4 is 4.89 Å². The van der Waals surface area contributed by atoms with E-state index >= 15 is 0 Å². The van der Waals surface area contributed by atoms with Gasteiger partial charge in [0.25, 0.3) is 7.82 Å². The number of nitrogens with zero attached hydrogens (tertiary/aromatic N) is 1. The lowest BCUT2D eigenvalue weighted by molar-refractivity contribution is -0.870. The second-order valence-corrected chi connectivity index (χ2v) is 17.4. The fourth-order valence-corrected chi connectivity index (χ4v) is 6.30. The molecule has 0 aromatic rings. The monoisotopic (exact) mass is 858 g/mol. The van der Waals surface area contributed by atoms with Gasteiger partial charge in [0.2, 0.25) is 0 Å². The number of likely N-dealkylation sites (N-methyl/N-ethyl adjacent to an activating group) is 1. The highest BCUT2D eigenvalue weighted by Crippen LogP contribution is 2.38. The third kappa shape index (κ3) is 44.5. The molecule has 60 heavy (non-hydrogen) atoms. The maximum absolute atomic E-state index is 12.7. The molecule has 10 heteroatoms. The van der Waals surface area contributed by atoms with E-state index in [1.807, 2.05) is 21.1 Å². The van der Waals surface area contributed by atoms with E-state index in [-0.39, 0.29) is 26.1 Å². The second-order valence-electron chi connectivity index (χ2n) is 16.0. The number of esters is 2. The first kappa shape index (κ1) is 56.9. The third-order valence-electron chi connectivity index (χ3n) is 9.10. The minimum atomic E-state index is -4.64. The summed E-state index contributed by atoms with van der Waals surface area (Å²) in [5.41, 5.74) is 0. The van der Waals surface area contributed by atoms with Gasteiger partial charge in [-0.3, -0.25) is 14.2 Å². The summed E-state index contributed by atoms with van der Waals surface area (Å²) in [5, 5.41) is 0. The fraction of sp³-hybridized carbons (Fsp3) is 0.640. The van der Waals surface area contributed by atoms with Gasteiger partial charge in [0.1, 0.15) is 19.8 Å². The Kier molecular flexibility index (Phi) is 39.2. The van der Waals surface area contributed by atoms with Crippen LogP contribution in [0, 0.1) is 0 Å². The number of carbonyl (C=O) groups is 2. The minimum absolute atomic E-state index is 0.0438. The molecule has 0 aromatic carbocycles. The van der Waals surface area contributed by atoms with Crippen molar-refractivity contribution >= 4 is 19.8 Å². The molecule has 0 aliphatic heterocycles. The molecule has 0 heterocycles. The molecule has 0 bridgehead atoms. The molecule has 0 radical (unpaired) electrons. The van der Waals surface area contributed by atoms with Crippen LogP contribution in [0.4, 0.5) is 0 Å². The van der Waals surface area contributed by atoms with Gasteiger partial charge >= 0.3 is 11.9 Å². The van der Waals surface area contributed by atoms with Gasteiger partial charge in [-0.2, -0.15) is 0 Å². The normalized spacial score (nSPS) is 14.4. The van der Waals surface area contributed by atoms with Gasteiger partial charge in [0.05, 0.1) is 27.7 Å². The van der Waals surface area contributed by atoms with Crippen LogP contribution >= 0.6 is 7.82 Å². The van der Waals surface area contributed by atoms with Gasteiger partial charge in [-0.15, -0.1) is 0 Å². The van der Waals surface area contributed by atoms with Crippen LogP contribution in [-0.4, -0.2) is 70.0 Å². The van der Waals surface area contributed by atoms with E-state index in [1.165, 1.54) is 19.3 Å². The van der Waals surface area contributed by atoms with Crippen LogP contribution in [0.25, 0.3) is 0 Å². The zero-order chi connectivity index (χ0) is 44.3. The number of ether oxygens (including phenoxy) is 2. The Balaban J connectivity index is 4.37. The van der Waals surface area contributed by atoms with Crippen molar-refractivity contribution in [2.45, 2.75) is 161 Å². The number of rotatable bonds is 40. The van der Waals surface area contributed by atoms with Gasteiger partial charge in [-0.25, -0.2) is 0 Å². The van der Waals surface area contributed by atoms with E-state index in [2.05, 4.69) is 111 Å². The first-order valence-corrected chi connectivity index (χ1v) is 24.4. The zero-order valence-corrected chi connectivity index (χ0v) is 39.3. The molecule has 0 spiro atoms. The van der Waals surface area contributed by atoms with Crippen LogP contribution in [0.15, 0.2) is 97.2 Å². The topological polar surface area (TPSA) is 111 Å². The van der Waals surface area contributed by atoms with Gasteiger partial charge in [-0.05, 0) is 89.9 Å². The summed E-state index contributed by atoms with van der Waals surface area (Å²) >= 11 is 0. The lowest BCUT2D eigenvalue weighted by atomic mass is 10.1. The Morgan fingerprint density at radius 2 is 0.900 bits per heavy atom. The number of phosphoric acid groups is 1. The van der Waals surface area contributed by atoms with E-state index in [4.69, 9.17) is 18.5 Å². The Morgan fingerprint density at radius 1 is 0.517 bits per heavy atom. The molecule has 0 aromatic heterocycles. The van der Waals surface area contributed by atoms with Crippen molar-refractivity contribution in [2.24, 2.45) is 0 Å². The van der Waals surface area contributed by atoms with Crippen molar-refractivity contribution in [2.75, 3.05) is 47.5 Å². The molecule has 0 saturated carbocycles. The maximum Gasteiger partial charge on any atom is 0.306 e. The minimum Gasteiger partial charge on any atom is -0.756 e. The summed E-state index contributed by atoms with van der Waals surface area (Å²) in [6.45, 7) is 3.92. The van der Waals surface area contributed by atoms with E-state index in [0.717, 1.165) is 96.3 Å². The van der Waals surface area contributed by atoms with Gasteiger partial charge in [0, 0.05) is 12.8 Å². The smallest absolute Gasteiger partial charge is 0.306 e. The van der Waals surface area contributed by atoms with Crippen molar-refractivity contribution in [3.8, 4) is 0 Å². The number of allylic oxidation sites excluding steroid dienone is 16. The van der Waals surface area contributed by atoms with Gasteiger partial charge in [0.15, 0.2) is 6.10 Å². The quantitative estimate of drug-likeness (QED) is 0.0197. The average Bonchev–Trinajstić information content (AvgIpc) is 3.20. The maximum atomic E-state index is 12.7. The largest absolute Gasteiger partial charge is 0.756 e. The number of carbonyl (C=O) groups excluding carboxylic acids is 2. The number of phosphoric ester groups is 1. The molecule has 2 unspecified atom stereocenters. The molecule has 2 atom stereocenters. The Labute approximate surface area is 366 Å². The highest BCUT2D eigenvalue weighted by atomic mass is 31.2. The first-order valence-electron chi connectivity index (χ1n) is 22.9. The van der Waals surface area contributed by atoms with Crippen LogP contribution in [0.3, 0.4) is 0 Å². The molecular weight excluding hydrogens is 774 g/mol. The molecule has 0 amide bonds. The van der Waals surface area contributed by atoms with Crippen molar-refractivity contribution in [3.63, 3.8) is 0 Å². The number of unbranched alkanes of at least 4 members (excludes halogenated alkanes) is 10. The zero-order valence-electron chi connectivity index (χ0n) is 38.4. The number of quaternary nitrogens is 1. The molecule has 0 rings (SSSR count). The Morgan fingerprint density at radius 3 is 1.35 bits per heavy atom. The van der Waals surface area contributed by atoms with Gasteiger partial charge in [-0.1, -0.05) is 150 Å². The Hall–Kier alpha value is -3.07. The second kappa shape index (κ2) is 41.3. The standard InChI is InChI=1S/C50H84NO8P/c1-6-8-10-12-14-16-18-20-21-22-23-24-25-26-27-28-29-31-33-35-37-39-41-43-50(53)59-48(47-58-60(54,55)57-45-44-51(3,4)5)46-56-49(52)42-40-38-36-34-32-30-19-17-15-13-11-9-7-2/h8-11,14-17,20-21,23-24,26-27,30,32,48H,6-7,12-13,18-19,22,25,28-29,31,33-47H2,1-5H3/b10-8-,11-9-,16-14-,17-15-,21-20-,24-23-,27-26-,32-30-. The van der Waals surface area contributed by atoms with Crippen LogP contribution in [-0.2, 0) is 32.7 Å². The summed E-state index contributed by atoms with van der Waals surface area (Å²) in [5.74, 6) is -0.892. The summed E-state index contributed by atoms with van der Waals surface area (Å²) in [6.07, 6.45) is 54.4. The lowest BCUT2D eigenvalue weighted by Crippen LogP contribution is -2.37. The van der Waals surface area contributed by atoms with E-state index < -0.39 is 32.5 Å². The molecule has 0 fully saturated rings. The first-order chi connectivity index (χ1) is 29.0. The highest BCUT2D eigenvalue weighted by molar-refractivity contribution is 7.45. The van der Waals surface area contributed by atoms with Crippen molar-refractivity contribution in [1.82, 2.24) is 0 Å². The van der Waals surface area contributed by atoms with Crippen LogP contribution in [0.2, 0.25) is 0 Å². The molecule has 9 nitrogen and oxygen atoms in total. The average molecular weight is 858 g/mol. The van der Waals surface area contributed by atoms with Crippen molar-refractivity contribution in [1.29, 1.82) is 0 Å². The molecule has 342 valence electrons. The highest BCUT2D eigenvalue weighted by Gasteiger charge is 2.21. The fourth-order valence-electron chi connectivity index (χ4n) is 5.58. The molecule has 0 aliphatic rings. The summed E-state index contributed by atoms with van der Waals surface area (Å²) < 4.78 is 33.9. The van der Waals surface area contributed by atoms with E-state index in [1.54, 1.807) is 0 Å². The van der Waals surface area contributed by atoms with Crippen molar-refractivity contribution < 1.29 is 42.1 Å². The van der Waals surface area contributed by atoms with E-state index in [0.29, 0.717) is 23.9 Å². The SMILES string of the molecule is CC/C=C\C/C=C\C/C=C\C/C=C\C/C=C\CCCCCCCCCC(=O)OC(COC(=O)CCCCC/C=C\C/C=C\C/C=C\CC)COP(=O)([O-])OCC[N+](C)(C)C. The molecule has 0 aliphatic carbocycles.